The molecule has 0 radical (unpaired) electrons. The Morgan fingerprint density at radius 1 is 1.25 bits per heavy atom. The van der Waals surface area contributed by atoms with Gasteiger partial charge in [0.25, 0.3) is 0 Å². The van der Waals surface area contributed by atoms with Gasteiger partial charge in [0.1, 0.15) is 0 Å². The van der Waals surface area contributed by atoms with E-state index < -0.39 is 5.82 Å². The number of hydrogen-bond acceptors (Lipinski definition) is 3. The lowest BCUT2D eigenvalue weighted by Crippen LogP contribution is -2.23. The van der Waals surface area contributed by atoms with Crippen LogP contribution in [0.15, 0.2) is 12.1 Å². The van der Waals surface area contributed by atoms with Crippen molar-refractivity contribution in [2.24, 2.45) is 0 Å². The van der Waals surface area contributed by atoms with Gasteiger partial charge in [0.2, 0.25) is 0 Å². The molecule has 16 heavy (non-hydrogen) atoms. The summed E-state index contributed by atoms with van der Waals surface area (Å²) in [6, 6.07) is 2.90. The highest BCUT2D eigenvalue weighted by Crippen LogP contribution is 2.27. The second-order valence-electron chi connectivity index (χ2n) is 3.04. The predicted octanol–water partition coefficient (Wildman–Crippen LogP) is 3.16. The van der Waals surface area contributed by atoms with Crippen molar-refractivity contribution in [3.8, 4) is 0 Å². The standard InChI is InChI=1S/C10H12Cl2FNO2/c1-15-9(16-2)5-14-6-3-7(11)10(13)8(12)4-6/h3-4,9,14H,5H2,1-2H3. The van der Waals surface area contributed by atoms with Crippen molar-refractivity contribution < 1.29 is 13.9 Å². The third kappa shape index (κ3) is 3.49. The lowest BCUT2D eigenvalue weighted by atomic mass is 10.3. The second-order valence-corrected chi connectivity index (χ2v) is 3.85. The Labute approximate surface area is 103 Å². The molecule has 0 fully saturated rings. The number of hydrogen-bond donors (Lipinski definition) is 1. The summed E-state index contributed by atoms with van der Waals surface area (Å²) >= 11 is 11.3. The molecule has 1 rings (SSSR count). The van der Waals surface area contributed by atoms with Crippen molar-refractivity contribution in [1.29, 1.82) is 0 Å². The number of benzene rings is 1. The largest absolute Gasteiger partial charge is 0.380 e. The van der Waals surface area contributed by atoms with Crippen LogP contribution in [0.25, 0.3) is 0 Å². The summed E-state index contributed by atoms with van der Waals surface area (Å²) in [7, 11) is 3.06. The Balaban J connectivity index is 2.68. The summed E-state index contributed by atoms with van der Waals surface area (Å²) in [5.74, 6) is -0.621. The van der Waals surface area contributed by atoms with Gasteiger partial charge in [-0.3, -0.25) is 0 Å². The van der Waals surface area contributed by atoms with Crippen LogP contribution in [-0.4, -0.2) is 27.1 Å². The van der Waals surface area contributed by atoms with E-state index in [0.717, 1.165) is 0 Å². The van der Waals surface area contributed by atoms with Crippen LogP contribution in [0.1, 0.15) is 0 Å². The molecule has 6 heteroatoms. The third-order valence-corrected chi connectivity index (χ3v) is 2.53. The average molecular weight is 268 g/mol. The maximum atomic E-state index is 13.1. The van der Waals surface area contributed by atoms with E-state index in [4.69, 9.17) is 32.7 Å². The summed E-state index contributed by atoms with van der Waals surface area (Å²) in [4.78, 5) is 0. The van der Waals surface area contributed by atoms with E-state index in [9.17, 15) is 4.39 Å². The molecule has 0 heterocycles. The fraction of sp³-hybridized carbons (Fsp3) is 0.400. The molecule has 90 valence electrons. The van der Waals surface area contributed by atoms with E-state index in [2.05, 4.69) is 5.32 Å². The van der Waals surface area contributed by atoms with E-state index in [1.807, 2.05) is 0 Å². The second kappa shape index (κ2) is 6.25. The van der Waals surface area contributed by atoms with Crippen LogP contribution in [0.5, 0.6) is 0 Å². The Hall–Kier alpha value is -0.550. The van der Waals surface area contributed by atoms with Crippen molar-refractivity contribution in [3.05, 3.63) is 28.0 Å². The quantitative estimate of drug-likeness (QED) is 0.657. The first-order valence-corrected chi connectivity index (χ1v) is 5.28. The molecule has 0 unspecified atom stereocenters. The molecule has 1 N–H and O–H groups in total. The molecule has 0 aliphatic rings. The van der Waals surface area contributed by atoms with Gasteiger partial charge in [-0.25, -0.2) is 4.39 Å². The van der Waals surface area contributed by atoms with Crippen LogP contribution in [-0.2, 0) is 9.47 Å². The molecule has 0 aromatic heterocycles. The summed E-state index contributed by atoms with van der Waals surface area (Å²) in [6.45, 7) is 0.408. The average Bonchev–Trinajstić information content (AvgIpc) is 2.27. The zero-order valence-corrected chi connectivity index (χ0v) is 10.4. The molecule has 0 spiro atoms. The maximum Gasteiger partial charge on any atom is 0.173 e. The highest BCUT2D eigenvalue weighted by atomic mass is 35.5. The molecular weight excluding hydrogens is 256 g/mol. The van der Waals surface area contributed by atoms with Gasteiger partial charge in [0.15, 0.2) is 12.1 Å². The van der Waals surface area contributed by atoms with Gasteiger partial charge >= 0.3 is 0 Å². The van der Waals surface area contributed by atoms with Gasteiger partial charge in [-0.2, -0.15) is 0 Å². The monoisotopic (exact) mass is 267 g/mol. The summed E-state index contributed by atoms with van der Waals surface area (Å²) in [5.41, 5.74) is 0.607. The van der Waals surface area contributed by atoms with Crippen molar-refractivity contribution >= 4 is 28.9 Å². The number of anilines is 1. The smallest absolute Gasteiger partial charge is 0.173 e. The Bertz CT molecular complexity index is 336. The molecule has 0 saturated heterocycles. The molecule has 0 aliphatic heterocycles. The number of ether oxygens (including phenoxy) is 2. The van der Waals surface area contributed by atoms with Gasteiger partial charge in [-0.15, -0.1) is 0 Å². The number of halogens is 3. The molecule has 0 aliphatic carbocycles. The summed E-state index contributed by atoms with van der Waals surface area (Å²) in [6.07, 6.45) is -0.386. The van der Waals surface area contributed by atoms with Crippen LogP contribution in [0.4, 0.5) is 10.1 Å². The van der Waals surface area contributed by atoms with Crippen molar-refractivity contribution in [2.75, 3.05) is 26.1 Å². The van der Waals surface area contributed by atoms with Crippen molar-refractivity contribution in [2.45, 2.75) is 6.29 Å². The summed E-state index contributed by atoms with van der Waals surface area (Å²) < 4.78 is 23.1. The van der Waals surface area contributed by atoms with Crippen molar-refractivity contribution in [3.63, 3.8) is 0 Å². The first-order chi connectivity index (χ1) is 7.58. The van der Waals surface area contributed by atoms with Crippen molar-refractivity contribution in [1.82, 2.24) is 0 Å². The number of nitrogens with one attached hydrogen (secondary N) is 1. The zero-order chi connectivity index (χ0) is 12.1. The number of methoxy groups -OCH3 is 2. The van der Waals surface area contributed by atoms with E-state index in [1.165, 1.54) is 26.4 Å². The van der Waals surface area contributed by atoms with Crippen LogP contribution in [0.3, 0.4) is 0 Å². The first kappa shape index (κ1) is 13.5. The SMILES string of the molecule is COC(CNc1cc(Cl)c(F)c(Cl)c1)OC. The maximum absolute atomic E-state index is 13.1. The lowest BCUT2D eigenvalue weighted by Gasteiger charge is -2.15. The minimum atomic E-state index is -0.621. The molecule has 0 bridgehead atoms. The van der Waals surface area contributed by atoms with E-state index in [0.29, 0.717) is 12.2 Å². The minimum absolute atomic E-state index is 0.0265. The topological polar surface area (TPSA) is 30.5 Å². The molecular formula is C10H12Cl2FNO2. The van der Waals surface area contributed by atoms with Gasteiger partial charge in [0, 0.05) is 19.9 Å². The van der Waals surface area contributed by atoms with E-state index >= 15 is 0 Å². The highest BCUT2D eigenvalue weighted by molar-refractivity contribution is 6.35. The number of rotatable bonds is 5. The third-order valence-electron chi connectivity index (χ3n) is 1.98. The zero-order valence-electron chi connectivity index (χ0n) is 8.89. The fourth-order valence-corrected chi connectivity index (χ4v) is 1.61. The fourth-order valence-electron chi connectivity index (χ4n) is 1.12. The first-order valence-electron chi connectivity index (χ1n) is 4.52. The Kier molecular flexibility index (Phi) is 5.28. The van der Waals surface area contributed by atoms with Crippen LogP contribution >= 0.6 is 23.2 Å². The highest BCUT2D eigenvalue weighted by Gasteiger charge is 2.09. The minimum Gasteiger partial charge on any atom is -0.380 e. The van der Waals surface area contributed by atoms with Gasteiger partial charge in [-0.1, -0.05) is 23.2 Å². The van der Waals surface area contributed by atoms with Gasteiger partial charge < -0.3 is 14.8 Å². The van der Waals surface area contributed by atoms with Gasteiger partial charge in [0.05, 0.1) is 16.6 Å². The molecule has 0 atom stereocenters. The molecule has 1 aromatic carbocycles. The molecule has 1 aromatic rings. The Morgan fingerprint density at radius 3 is 2.19 bits per heavy atom. The predicted molar refractivity (Wildman–Crippen MR) is 62.7 cm³/mol. The normalized spacial score (nSPS) is 10.9. The van der Waals surface area contributed by atoms with Crippen LogP contribution in [0.2, 0.25) is 10.0 Å². The van der Waals surface area contributed by atoms with Crippen LogP contribution in [0, 0.1) is 5.82 Å². The van der Waals surface area contributed by atoms with Gasteiger partial charge in [-0.05, 0) is 12.1 Å². The van der Waals surface area contributed by atoms with E-state index in [-0.39, 0.29) is 16.3 Å². The van der Waals surface area contributed by atoms with E-state index in [1.54, 1.807) is 0 Å². The molecule has 3 nitrogen and oxygen atoms in total. The lowest BCUT2D eigenvalue weighted by molar-refractivity contribution is -0.0914. The Morgan fingerprint density at radius 2 is 1.75 bits per heavy atom. The summed E-state index contributed by atoms with van der Waals surface area (Å²) in [5, 5.41) is 2.92. The van der Waals surface area contributed by atoms with Crippen LogP contribution < -0.4 is 5.32 Å². The molecule has 0 saturated carbocycles. The molecule has 0 amide bonds.